The first kappa shape index (κ1) is 21.8. The van der Waals surface area contributed by atoms with Crippen molar-refractivity contribution in [2.75, 3.05) is 32.7 Å². The predicted molar refractivity (Wildman–Crippen MR) is 112 cm³/mol. The second-order valence-electron chi connectivity index (χ2n) is 6.07. The van der Waals surface area contributed by atoms with Crippen LogP contribution >= 0.6 is 11.8 Å². The second-order valence-corrected chi connectivity index (χ2v) is 7.49. The van der Waals surface area contributed by atoms with Crippen LogP contribution in [0.2, 0.25) is 0 Å². The second kappa shape index (κ2) is 11.4. The molecular formula is C21H26N2O4S. The van der Waals surface area contributed by atoms with Crippen LogP contribution in [0.15, 0.2) is 53.4 Å². The van der Waals surface area contributed by atoms with E-state index in [2.05, 4.69) is 10.6 Å². The summed E-state index contributed by atoms with van der Waals surface area (Å²) in [6.07, 6.45) is 0.728. The van der Waals surface area contributed by atoms with Crippen molar-refractivity contribution in [1.82, 2.24) is 5.32 Å². The van der Waals surface area contributed by atoms with E-state index in [1.54, 1.807) is 38.5 Å². The fraction of sp³-hybridized carbons (Fsp3) is 0.333. The van der Waals surface area contributed by atoms with Crippen molar-refractivity contribution < 1.29 is 19.1 Å². The van der Waals surface area contributed by atoms with E-state index >= 15 is 0 Å². The van der Waals surface area contributed by atoms with Gasteiger partial charge in [0.2, 0.25) is 5.91 Å². The fourth-order valence-corrected chi connectivity index (χ4v) is 3.32. The molecule has 2 rings (SSSR count). The lowest BCUT2D eigenvalue weighted by atomic mass is 10.1. The lowest BCUT2D eigenvalue weighted by molar-refractivity contribution is -0.115. The molecule has 0 saturated carbocycles. The first-order chi connectivity index (χ1) is 13.5. The molecule has 0 saturated heterocycles. The van der Waals surface area contributed by atoms with Gasteiger partial charge >= 0.3 is 0 Å². The largest absolute Gasteiger partial charge is 0.497 e. The van der Waals surface area contributed by atoms with Gasteiger partial charge < -0.3 is 20.1 Å². The van der Waals surface area contributed by atoms with Gasteiger partial charge in [-0.2, -0.15) is 0 Å². The predicted octanol–water partition coefficient (Wildman–Crippen LogP) is 3.58. The maximum absolute atomic E-state index is 12.6. The molecule has 2 aromatic carbocycles. The Morgan fingerprint density at radius 3 is 2.46 bits per heavy atom. The number of carbonyl (C=O) groups excluding carboxylic acids is 2. The molecule has 0 aliphatic carbocycles. The molecule has 6 nitrogen and oxygen atoms in total. The minimum Gasteiger partial charge on any atom is -0.497 e. The number of methoxy groups -OCH3 is 2. The van der Waals surface area contributed by atoms with Gasteiger partial charge in [0.1, 0.15) is 5.75 Å². The zero-order chi connectivity index (χ0) is 20.4. The van der Waals surface area contributed by atoms with Gasteiger partial charge in [0, 0.05) is 25.2 Å². The molecule has 0 aliphatic rings. The highest BCUT2D eigenvalue weighted by Crippen LogP contribution is 2.26. The van der Waals surface area contributed by atoms with Crippen LogP contribution in [0, 0.1) is 0 Å². The maximum atomic E-state index is 12.6. The molecule has 0 aliphatic heterocycles. The number of hydrogen-bond donors (Lipinski definition) is 2. The molecule has 0 spiro atoms. The highest BCUT2D eigenvalue weighted by Gasteiger charge is 2.18. The Morgan fingerprint density at radius 1 is 1.07 bits per heavy atom. The number of para-hydroxylation sites is 1. The molecule has 2 N–H and O–H groups in total. The van der Waals surface area contributed by atoms with Crippen molar-refractivity contribution >= 4 is 29.3 Å². The Balaban J connectivity index is 1.97. The van der Waals surface area contributed by atoms with E-state index in [1.165, 1.54) is 11.8 Å². The average molecular weight is 403 g/mol. The van der Waals surface area contributed by atoms with Crippen LogP contribution in [-0.4, -0.2) is 44.4 Å². The van der Waals surface area contributed by atoms with Crippen LogP contribution in [0.5, 0.6) is 5.75 Å². The van der Waals surface area contributed by atoms with Gasteiger partial charge in [0.15, 0.2) is 0 Å². The van der Waals surface area contributed by atoms with Crippen LogP contribution in [0.1, 0.15) is 23.7 Å². The van der Waals surface area contributed by atoms with E-state index in [0.717, 1.165) is 17.1 Å². The number of thioether (sulfide) groups is 1. The SMILES string of the molecule is COCCCNC(=O)c1ccccc1NC(=O)[C@H](C)Sc1ccc(OC)cc1. The van der Waals surface area contributed by atoms with Gasteiger partial charge in [-0.15, -0.1) is 11.8 Å². The van der Waals surface area contributed by atoms with Crippen LogP contribution in [-0.2, 0) is 9.53 Å². The van der Waals surface area contributed by atoms with E-state index in [9.17, 15) is 9.59 Å². The van der Waals surface area contributed by atoms with Crippen LogP contribution < -0.4 is 15.4 Å². The summed E-state index contributed by atoms with van der Waals surface area (Å²) in [5.41, 5.74) is 0.939. The van der Waals surface area contributed by atoms with Gasteiger partial charge in [0.05, 0.1) is 23.6 Å². The summed E-state index contributed by atoms with van der Waals surface area (Å²) in [4.78, 5) is 26.0. The summed E-state index contributed by atoms with van der Waals surface area (Å²) in [6.45, 7) is 2.93. The van der Waals surface area contributed by atoms with Gasteiger partial charge in [-0.3, -0.25) is 9.59 Å². The van der Waals surface area contributed by atoms with Gasteiger partial charge in [-0.05, 0) is 49.7 Å². The molecule has 0 bridgehead atoms. The Kier molecular flexibility index (Phi) is 8.84. The number of hydrogen-bond acceptors (Lipinski definition) is 5. The Labute approximate surface area is 170 Å². The average Bonchev–Trinajstić information content (AvgIpc) is 2.72. The van der Waals surface area contributed by atoms with Crippen LogP contribution in [0.4, 0.5) is 5.69 Å². The van der Waals surface area contributed by atoms with E-state index in [1.807, 2.05) is 31.2 Å². The number of anilines is 1. The number of carbonyl (C=O) groups is 2. The van der Waals surface area contributed by atoms with Crippen molar-refractivity contribution in [3.05, 3.63) is 54.1 Å². The third kappa shape index (κ3) is 6.58. The third-order valence-electron chi connectivity index (χ3n) is 3.98. The summed E-state index contributed by atoms with van der Waals surface area (Å²) in [6, 6.07) is 14.5. The minimum absolute atomic E-state index is 0.166. The molecule has 1 atom stereocenters. The van der Waals surface area contributed by atoms with Crippen LogP contribution in [0.25, 0.3) is 0 Å². The van der Waals surface area contributed by atoms with Gasteiger partial charge in [-0.25, -0.2) is 0 Å². The van der Waals surface area contributed by atoms with E-state index < -0.39 is 0 Å². The monoisotopic (exact) mass is 402 g/mol. The molecule has 28 heavy (non-hydrogen) atoms. The standard InChI is InChI=1S/C21H26N2O4S/c1-15(28-17-11-9-16(27-3)10-12-17)20(24)23-19-8-5-4-7-18(19)21(25)22-13-6-14-26-2/h4-5,7-12,15H,6,13-14H2,1-3H3,(H,22,25)(H,23,24)/t15-/m0/s1. The van der Waals surface area contributed by atoms with E-state index in [-0.39, 0.29) is 17.1 Å². The van der Waals surface area contributed by atoms with E-state index in [0.29, 0.717) is 24.4 Å². The van der Waals surface area contributed by atoms with E-state index in [4.69, 9.17) is 9.47 Å². The quantitative estimate of drug-likeness (QED) is 0.469. The molecule has 0 aromatic heterocycles. The molecule has 0 fully saturated rings. The number of benzene rings is 2. The fourth-order valence-electron chi connectivity index (χ4n) is 2.45. The zero-order valence-corrected chi connectivity index (χ0v) is 17.2. The lowest BCUT2D eigenvalue weighted by Crippen LogP contribution is -2.28. The first-order valence-electron chi connectivity index (χ1n) is 9.03. The van der Waals surface area contributed by atoms with Crippen molar-refractivity contribution in [1.29, 1.82) is 0 Å². The van der Waals surface area contributed by atoms with Gasteiger partial charge in [0.25, 0.3) is 5.91 Å². The smallest absolute Gasteiger partial charge is 0.253 e. The number of rotatable bonds is 10. The normalized spacial score (nSPS) is 11.5. The lowest BCUT2D eigenvalue weighted by Gasteiger charge is -2.15. The van der Waals surface area contributed by atoms with Gasteiger partial charge in [-0.1, -0.05) is 12.1 Å². The highest BCUT2D eigenvalue weighted by molar-refractivity contribution is 8.00. The zero-order valence-electron chi connectivity index (χ0n) is 16.4. The Hall–Kier alpha value is -2.51. The van der Waals surface area contributed by atoms with Crippen molar-refractivity contribution in [3.8, 4) is 5.75 Å². The molecule has 0 heterocycles. The minimum atomic E-state index is -0.328. The number of amides is 2. The Bertz CT molecular complexity index is 780. The topological polar surface area (TPSA) is 76.7 Å². The van der Waals surface area contributed by atoms with Crippen LogP contribution in [0.3, 0.4) is 0 Å². The van der Waals surface area contributed by atoms with Crippen molar-refractivity contribution in [2.24, 2.45) is 0 Å². The molecule has 150 valence electrons. The molecule has 0 radical (unpaired) electrons. The molecule has 7 heteroatoms. The number of nitrogens with one attached hydrogen (secondary N) is 2. The summed E-state index contributed by atoms with van der Waals surface area (Å²) in [5.74, 6) is 0.384. The van der Waals surface area contributed by atoms with Crippen molar-refractivity contribution in [3.63, 3.8) is 0 Å². The molecule has 0 unspecified atom stereocenters. The summed E-state index contributed by atoms with van der Waals surface area (Å²) < 4.78 is 10.1. The van der Waals surface area contributed by atoms with Crippen molar-refractivity contribution in [2.45, 2.75) is 23.5 Å². The molecular weight excluding hydrogens is 376 g/mol. The summed E-state index contributed by atoms with van der Waals surface area (Å²) in [7, 11) is 3.24. The number of ether oxygens (including phenoxy) is 2. The summed E-state index contributed by atoms with van der Waals surface area (Å²) >= 11 is 1.44. The maximum Gasteiger partial charge on any atom is 0.253 e. The highest BCUT2D eigenvalue weighted by atomic mass is 32.2. The molecule has 2 amide bonds. The Morgan fingerprint density at radius 2 is 1.79 bits per heavy atom. The summed E-state index contributed by atoms with van der Waals surface area (Å²) in [5, 5.41) is 5.38. The first-order valence-corrected chi connectivity index (χ1v) is 9.91. The third-order valence-corrected chi connectivity index (χ3v) is 5.09. The molecule has 2 aromatic rings.